The summed E-state index contributed by atoms with van der Waals surface area (Å²) >= 11 is 10.1. The van der Waals surface area contributed by atoms with Gasteiger partial charge in [0.1, 0.15) is 0 Å². The van der Waals surface area contributed by atoms with Crippen LogP contribution < -0.4 is 5.32 Å². The Morgan fingerprint density at radius 2 is 2.06 bits per heavy atom. The lowest BCUT2D eigenvalue weighted by Gasteiger charge is -2.27. The highest BCUT2D eigenvalue weighted by molar-refractivity contribution is 7.80. The number of halogens is 1. The molecule has 0 saturated carbocycles. The molecule has 1 heterocycles. The lowest BCUT2D eigenvalue weighted by molar-refractivity contribution is 0.0736. The third kappa shape index (κ3) is 2.51. The number of benzene rings is 1. The summed E-state index contributed by atoms with van der Waals surface area (Å²) in [5, 5.41) is 3.73. The summed E-state index contributed by atoms with van der Waals surface area (Å²) in [6, 6.07) is 5.19. The van der Waals surface area contributed by atoms with Crippen LogP contribution in [-0.4, -0.2) is 37.0 Å². The van der Waals surface area contributed by atoms with Gasteiger partial charge in [0, 0.05) is 36.6 Å². The van der Waals surface area contributed by atoms with E-state index in [0.29, 0.717) is 15.5 Å². The minimum absolute atomic E-state index is 0.0386. The van der Waals surface area contributed by atoms with Crippen molar-refractivity contribution in [1.82, 2.24) is 10.2 Å². The van der Waals surface area contributed by atoms with Crippen LogP contribution in [0, 0.1) is 0 Å². The van der Waals surface area contributed by atoms with E-state index in [0.717, 1.165) is 26.2 Å². The zero-order chi connectivity index (χ0) is 11.5. The first-order valence-electron chi connectivity index (χ1n) is 5.17. The average Bonchev–Trinajstić information content (AvgIpc) is 2.33. The summed E-state index contributed by atoms with van der Waals surface area (Å²) in [6.45, 7) is 3.20. The van der Waals surface area contributed by atoms with E-state index in [1.54, 1.807) is 18.2 Å². The zero-order valence-electron chi connectivity index (χ0n) is 8.74. The van der Waals surface area contributed by atoms with Gasteiger partial charge in [-0.05, 0) is 18.2 Å². The third-order valence-electron chi connectivity index (χ3n) is 2.60. The third-order valence-corrected chi connectivity index (χ3v) is 3.43. The van der Waals surface area contributed by atoms with Gasteiger partial charge in [-0.15, -0.1) is 12.6 Å². The molecular formula is C11H13ClN2OS. The number of nitrogens with zero attached hydrogens (tertiary/aromatic N) is 1. The Morgan fingerprint density at radius 1 is 1.38 bits per heavy atom. The van der Waals surface area contributed by atoms with Crippen LogP contribution in [0.3, 0.4) is 0 Å². The van der Waals surface area contributed by atoms with Gasteiger partial charge >= 0.3 is 0 Å². The molecule has 1 aromatic rings. The van der Waals surface area contributed by atoms with Gasteiger partial charge in [0.05, 0.1) is 5.02 Å². The largest absolute Gasteiger partial charge is 0.336 e. The molecule has 86 valence electrons. The van der Waals surface area contributed by atoms with Crippen LogP contribution in [0.2, 0.25) is 5.02 Å². The first-order valence-corrected chi connectivity index (χ1v) is 5.99. The molecule has 3 nitrogen and oxygen atoms in total. The van der Waals surface area contributed by atoms with Crippen molar-refractivity contribution in [3.8, 4) is 0 Å². The van der Waals surface area contributed by atoms with E-state index in [1.807, 2.05) is 4.90 Å². The minimum Gasteiger partial charge on any atom is -0.336 e. The molecule has 0 spiro atoms. The average molecular weight is 257 g/mol. The van der Waals surface area contributed by atoms with E-state index in [9.17, 15) is 4.79 Å². The summed E-state index contributed by atoms with van der Waals surface area (Å²) in [7, 11) is 0. The number of thiol groups is 1. The molecule has 16 heavy (non-hydrogen) atoms. The molecule has 0 radical (unpaired) electrons. The van der Waals surface area contributed by atoms with Crippen molar-refractivity contribution >= 4 is 30.1 Å². The van der Waals surface area contributed by atoms with Gasteiger partial charge in [0.25, 0.3) is 5.91 Å². The zero-order valence-corrected chi connectivity index (χ0v) is 10.4. The van der Waals surface area contributed by atoms with Crippen LogP contribution in [0.1, 0.15) is 10.4 Å². The second-order valence-electron chi connectivity index (χ2n) is 3.71. The smallest absolute Gasteiger partial charge is 0.253 e. The first kappa shape index (κ1) is 11.8. The number of amides is 1. The molecule has 1 aliphatic heterocycles. The van der Waals surface area contributed by atoms with E-state index in [2.05, 4.69) is 17.9 Å². The van der Waals surface area contributed by atoms with Gasteiger partial charge < -0.3 is 10.2 Å². The van der Waals surface area contributed by atoms with E-state index in [-0.39, 0.29) is 5.91 Å². The van der Waals surface area contributed by atoms with Crippen LogP contribution in [0.5, 0.6) is 0 Å². The fourth-order valence-electron chi connectivity index (χ4n) is 1.69. The second-order valence-corrected chi connectivity index (χ2v) is 4.60. The number of hydrogen-bond acceptors (Lipinski definition) is 3. The van der Waals surface area contributed by atoms with Crippen LogP contribution in [0.25, 0.3) is 0 Å². The maximum atomic E-state index is 12.1. The Morgan fingerprint density at radius 3 is 2.69 bits per heavy atom. The van der Waals surface area contributed by atoms with Crippen molar-refractivity contribution in [2.75, 3.05) is 26.2 Å². The van der Waals surface area contributed by atoms with E-state index in [4.69, 9.17) is 11.6 Å². The van der Waals surface area contributed by atoms with Crippen molar-refractivity contribution < 1.29 is 4.79 Å². The number of rotatable bonds is 1. The molecule has 0 unspecified atom stereocenters. The van der Waals surface area contributed by atoms with Crippen molar-refractivity contribution in [1.29, 1.82) is 0 Å². The lowest BCUT2D eigenvalue weighted by atomic mass is 10.2. The van der Waals surface area contributed by atoms with Gasteiger partial charge in [-0.25, -0.2) is 0 Å². The number of carbonyl (C=O) groups is 1. The topological polar surface area (TPSA) is 32.3 Å². The molecule has 0 bridgehead atoms. The molecule has 1 saturated heterocycles. The molecule has 1 amide bonds. The van der Waals surface area contributed by atoms with E-state index in [1.165, 1.54) is 0 Å². The SMILES string of the molecule is O=C(c1ccc(S)c(Cl)c1)N1CCNCC1. The molecule has 1 aromatic carbocycles. The number of carbonyl (C=O) groups excluding carboxylic acids is 1. The van der Waals surface area contributed by atoms with Crippen molar-refractivity contribution in [3.63, 3.8) is 0 Å². The van der Waals surface area contributed by atoms with Gasteiger partial charge in [-0.3, -0.25) is 4.79 Å². The quantitative estimate of drug-likeness (QED) is 0.750. The summed E-state index contributed by atoms with van der Waals surface area (Å²) in [6.07, 6.45) is 0. The van der Waals surface area contributed by atoms with Crippen molar-refractivity contribution in [2.24, 2.45) is 0 Å². The van der Waals surface area contributed by atoms with Gasteiger partial charge in [0.15, 0.2) is 0 Å². The molecule has 0 atom stereocenters. The summed E-state index contributed by atoms with van der Waals surface area (Å²) in [5.41, 5.74) is 0.629. The Hall–Kier alpha value is -0.710. The molecular weight excluding hydrogens is 244 g/mol. The molecule has 0 aliphatic carbocycles. The van der Waals surface area contributed by atoms with Crippen LogP contribution >= 0.6 is 24.2 Å². The van der Waals surface area contributed by atoms with Gasteiger partial charge in [-0.1, -0.05) is 11.6 Å². The molecule has 1 N–H and O–H groups in total. The summed E-state index contributed by atoms with van der Waals surface area (Å²) < 4.78 is 0. The Labute approximate surface area is 105 Å². The number of piperazine rings is 1. The fourth-order valence-corrected chi connectivity index (χ4v) is 2.01. The molecule has 1 fully saturated rings. The highest BCUT2D eigenvalue weighted by Crippen LogP contribution is 2.21. The summed E-state index contributed by atoms with van der Waals surface area (Å²) in [4.78, 5) is 14.6. The number of hydrogen-bond donors (Lipinski definition) is 2. The van der Waals surface area contributed by atoms with E-state index >= 15 is 0 Å². The van der Waals surface area contributed by atoms with Gasteiger partial charge in [0.2, 0.25) is 0 Å². The van der Waals surface area contributed by atoms with Crippen molar-refractivity contribution in [2.45, 2.75) is 4.90 Å². The van der Waals surface area contributed by atoms with Crippen molar-refractivity contribution in [3.05, 3.63) is 28.8 Å². The normalized spacial score (nSPS) is 16.2. The molecule has 1 aliphatic rings. The monoisotopic (exact) mass is 256 g/mol. The molecule has 0 aromatic heterocycles. The van der Waals surface area contributed by atoms with Crippen LogP contribution in [0.4, 0.5) is 0 Å². The highest BCUT2D eigenvalue weighted by Gasteiger charge is 2.18. The standard InChI is InChI=1S/C11H13ClN2OS/c12-9-7-8(1-2-10(9)16)11(15)14-5-3-13-4-6-14/h1-2,7,13,16H,3-6H2. The molecule has 2 rings (SSSR count). The summed E-state index contributed by atoms with van der Waals surface area (Å²) in [5.74, 6) is 0.0386. The van der Waals surface area contributed by atoms with E-state index < -0.39 is 0 Å². The maximum absolute atomic E-state index is 12.1. The molecule has 5 heteroatoms. The Kier molecular flexibility index (Phi) is 3.74. The fraction of sp³-hybridized carbons (Fsp3) is 0.364. The number of nitrogens with one attached hydrogen (secondary N) is 1. The predicted molar refractivity (Wildman–Crippen MR) is 67.5 cm³/mol. The Balaban J connectivity index is 2.16. The lowest BCUT2D eigenvalue weighted by Crippen LogP contribution is -2.46. The highest BCUT2D eigenvalue weighted by atomic mass is 35.5. The Bertz CT molecular complexity index is 405. The maximum Gasteiger partial charge on any atom is 0.253 e. The van der Waals surface area contributed by atoms with Crippen LogP contribution in [-0.2, 0) is 0 Å². The van der Waals surface area contributed by atoms with Gasteiger partial charge in [-0.2, -0.15) is 0 Å². The second kappa shape index (κ2) is 5.08. The predicted octanol–water partition coefficient (Wildman–Crippen LogP) is 1.67. The first-order chi connectivity index (χ1) is 7.68. The van der Waals surface area contributed by atoms with Crippen LogP contribution in [0.15, 0.2) is 23.1 Å². The minimum atomic E-state index is 0.0386.